The van der Waals surface area contributed by atoms with Crippen molar-refractivity contribution in [2.24, 2.45) is 0 Å². The quantitative estimate of drug-likeness (QED) is 0.204. The van der Waals surface area contributed by atoms with E-state index in [0.717, 1.165) is 0 Å². The summed E-state index contributed by atoms with van der Waals surface area (Å²) in [5.41, 5.74) is 0. The molecule has 0 atom stereocenters. The van der Waals surface area contributed by atoms with E-state index in [9.17, 15) is 0 Å². The van der Waals surface area contributed by atoms with Crippen molar-refractivity contribution in [3.63, 3.8) is 0 Å². The van der Waals surface area contributed by atoms with Gasteiger partial charge in [-0.25, -0.2) is 0 Å². The van der Waals surface area contributed by atoms with Crippen molar-refractivity contribution in [1.82, 2.24) is 67.7 Å². The first kappa shape index (κ1) is 2180. The summed E-state index contributed by atoms with van der Waals surface area (Å²) in [6.45, 7) is 0. The average Bonchev–Trinajstić information content (AvgIpc) is 1.00. The van der Waals surface area contributed by atoms with Gasteiger partial charge in [-0.15, -0.1) is 0 Å². The van der Waals surface area contributed by atoms with Crippen molar-refractivity contribution in [2.45, 2.75) is 5.05 Å². The van der Waals surface area contributed by atoms with Crippen LogP contribution in [0.5, 0.6) is 0 Å². The van der Waals surface area contributed by atoms with Gasteiger partial charge in [0.1, 0.15) is 0 Å². The van der Waals surface area contributed by atoms with E-state index >= 15 is 0 Å². The Morgan fingerprint density at radius 2 is 0.106 bits per heavy atom. The van der Waals surface area contributed by atoms with E-state index in [4.69, 9.17) is 0 Å². The SMILES string of the molecule is [CH3][Mg+].[Cl-].[Cl-].[Cl-].[Cl-].[Cl-].[Cl-].[Cl-].[Cl-].[Cl-].[Cl-].[Cl-].[Cl-].[Cl-].[Cl-].[Cl-].[Cl-].[Cl-].[Cl-].[Cl-].[Cl-].[Cl-].[Cl-].[Cl-].[Cl-].[Cl-].[Cl-].[Cl-].[Cl-].[Cl-].[Cl-].[Cl-].[Cl-].[Cl-].[Cl-].[N+3].[N+3].[N+3].[N+3].[N+3].[N+3].[N+3].[N+3].[N+3].[N+3].[N+3]. The third-order valence-corrected chi connectivity index (χ3v) is 0. The van der Waals surface area contributed by atoms with Gasteiger partial charge in [0.2, 0.25) is 0 Å². The summed E-state index contributed by atoms with van der Waals surface area (Å²) < 4.78 is 0. The van der Waals surface area contributed by atoms with Gasteiger partial charge in [-0.05, 0) is 0 Å². The van der Waals surface area contributed by atoms with Crippen molar-refractivity contribution in [3.8, 4) is 0 Å². The van der Waals surface area contributed by atoms with Crippen molar-refractivity contribution in [1.29, 1.82) is 0 Å². The van der Waals surface area contributed by atoms with Gasteiger partial charge in [-0.1, -0.05) is 0 Å². The first-order valence-corrected chi connectivity index (χ1v) is 2.12. The molecule has 0 unspecified atom stereocenters. The Kier molecular flexibility index (Phi) is 123000. The minimum Gasteiger partial charge on any atom is -1.00 e. The molecular weight excluding hydrogens is 1400 g/mol. The number of hydrogen-bond donors (Lipinski definition) is 0. The second-order valence-electron chi connectivity index (χ2n) is 0. The Hall–Kier alpha value is 7.44. The van der Waals surface area contributed by atoms with Crippen LogP contribution in [0.3, 0.4) is 0 Å². The van der Waals surface area contributed by atoms with Crippen molar-refractivity contribution < 1.29 is 422 Å². The summed E-state index contributed by atoms with van der Waals surface area (Å²) in [5.74, 6) is 0. The Morgan fingerprint density at radius 1 is 0.106 bits per heavy atom. The smallest absolute Gasteiger partial charge is 1.00 e. The molecule has 0 aromatic rings. The van der Waals surface area contributed by atoms with E-state index in [1.165, 1.54) is 0 Å². The molecule has 0 aromatic heterocycles. The molecular formula is CH3Cl34MgN11. The third-order valence-electron chi connectivity index (χ3n) is 0. The minimum absolute atomic E-state index is 0. The van der Waals surface area contributed by atoms with E-state index in [1.54, 1.807) is 0 Å². The van der Waals surface area contributed by atoms with Crippen molar-refractivity contribution >= 4 is 21.7 Å². The van der Waals surface area contributed by atoms with Crippen LogP contribution in [0.25, 0.3) is 0 Å². The summed E-state index contributed by atoms with van der Waals surface area (Å²) in [6, 6.07) is 0. The summed E-state index contributed by atoms with van der Waals surface area (Å²) in [4.78, 5) is 0. The fraction of sp³-hybridized carbons (Fsp3) is 1.00. The monoisotopic (exact) mass is 1380 g/mol. The molecule has 0 bridgehead atoms. The van der Waals surface area contributed by atoms with Crippen LogP contribution in [0.2, 0.25) is 5.05 Å². The van der Waals surface area contributed by atoms with Crippen LogP contribution in [0.4, 0.5) is 0 Å². The number of hydrogen-bond acceptors (Lipinski definition) is 0. The Bertz CT molecular complexity index is 50.0. The molecule has 0 saturated carbocycles. The van der Waals surface area contributed by atoms with E-state index in [0.29, 0.717) is 0 Å². The topological polar surface area (TPSA) is 336 Å². The maximum Gasteiger partial charge on any atom is 3.00 e. The van der Waals surface area contributed by atoms with Gasteiger partial charge >= 0.3 is 94.4 Å². The van der Waals surface area contributed by atoms with Crippen LogP contribution in [0.1, 0.15) is 0 Å². The summed E-state index contributed by atoms with van der Waals surface area (Å²) >= 11 is 1.86. The van der Waals surface area contributed by atoms with Gasteiger partial charge in [0, 0.05) is 0 Å². The largest absolute Gasteiger partial charge is 3.00 e. The number of nitrogens with zero attached hydrogens (tertiary/aromatic N) is 11. The van der Waals surface area contributed by atoms with E-state index in [-0.39, 0.29) is 489 Å². The molecule has 0 rings (SSSR count). The second kappa shape index (κ2) is 2660. The van der Waals surface area contributed by atoms with Gasteiger partial charge < -0.3 is 422 Å². The molecule has 0 heterocycles. The summed E-state index contributed by atoms with van der Waals surface area (Å²) in [6.07, 6.45) is 0. The van der Waals surface area contributed by atoms with Gasteiger partial charge in [-0.2, -0.15) is 0 Å². The van der Waals surface area contributed by atoms with Crippen molar-refractivity contribution in [2.75, 3.05) is 0 Å². The minimum atomic E-state index is 0. The first-order valence-electron chi connectivity index (χ1n) is 0.707. The van der Waals surface area contributed by atoms with Gasteiger partial charge in [-0.3, -0.25) is 0 Å². The maximum atomic E-state index is 2.03. The molecule has 22 radical (unpaired) electrons. The standard InChI is InChI=1S/CH3.34ClH.Mg.11N/h1H3;34*1H;;;;;;;;;;;;/q;;;;;;;;;;;;;;;;;;;;;;;;;;;;;;;;;;;+1;11*+3/p-34. The second-order valence-corrected chi connectivity index (χ2v) is 0. The zero-order chi connectivity index (χ0) is 2.00. The van der Waals surface area contributed by atoms with Gasteiger partial charge in [0.25, 0.3) is 0 Å². The molecule has 0 saturated heterocycles. The summed E-state index contributed by atoms with van der Waals surface area (Å²) in [7, 11) is 0. The molecule has 0 N–H and O–H groups in total. The Balaban J connectivity index is -0.00000000000505. The first-order chi connectivity index (χ1) is 1.00. The Morgan fingerprint density at radius 3 is 0.106 bits per heavy atom. The molecule has 11 nitrogen and oxygen atoms in total. The molecule has 46 heteroatoms. The van der Waals surface area contributed by atoms with Crippen LogP contribution >= 0.6 is 0 Å². The van der Waals surface area contributed by atoms with Gasteiger partial charge in [0.05, 0.1) is 0 Å². The van der Waals surface area contributed by atoms with Crippen LogP contribution in [-0.2, 0) is 0 Å². The van der Waals surface area contributed by atoms with Crippen LogP contribution in [-0.4, -0.2) is 21.7 Å². The molecule has 0 aromatic carbocycles. The normalized spacial score (nSPS) is 0.149. The van der Waals surface area contributed by atoms with E-state index in [2.05, 4.69) is 0 Å². The number of halogens is 34. The predicted molar refractivity (Wildman–Crippen MR) is 35.1 cm³/mol. The molecule has 0 aliphatic rings. The fourth-order valence-electron chi connectivity index (χ4n) is 0. The zero-order valence-corrected chi connectivity index (χ0v) is 46.6. The molecule has 0 aliphatic carbocycles. The molecule has 47 heavy (non-hydrogen) atoms. The molecule has 0 amide bonds. The molecule has 0 spiro atoms. The van der Waals surface area contributed by atoms with Crippen LogP contribution < -0.4 is 489 Å². The van der Waals surface area contributed by atoms with Crippen molar-refractivity contribution in [3.05, 3.63) is 0 Å². The molecule has 0 fully saturated rings. The predicted octanol–water partition coefficient (Wildman–Crippen LogP) is -107. The summed E-state index contributed by atoms with van der Waals surface area (Å²) in [5, 5.41) is 2.03. The van der Waals surface area contributed by atoms with Crippen LogP contribution in [0, 0.1) is 0 Å². The van der Waals surface area contributed by atoms with Gasteiger partial charge in [0.15, 0.2) is 0 Å². The van der Waals surface area contributed by atoms with Crippen LogP contribution in [0.15, 0.2) is 0 Å². The molecule has 0 aliphatic heterocycles. The molecule has 302 valence electrons. The third kappa shape index (κ3) is 2560. The fourth-order valence-corrected chi connectivity index (χ4v) is 0. The zero-order valence-electron chi connectivity index (χ0n) is 19.5. The van der Waals surface area contributed by atoms with E-state index < -0.39 is 0 Å². The van der Waals surface area contributed by atoms with E-state index in [1.807, 2.05) is 26.8 Å². The Labute approximate surface area is 508 Å². The average molecular weight is 1400 g/mol. The maximum absolute atomic E-state index is 2.03. The number of rotatable bonds is 0.